The maximum Gasteiger partial charge on any atom is 0.270 e. The molecule has 0 radical (unpaired) electrons. The molecule has 31 heavy (non-hydrogen) atoms. The highest BCUT2D eigenvalue weighted by Crippen LogP contribution is 2.25. The molecule has 0 bridgehead atoms. The van der Waals surface area contributed by atoms with Crippen molar-refractivity contribution in [1.82, 2.24) is 9.88 Å². The maximum atomic E-state index is 13.2. The fourth-order valence-electron chi connectivity index (χ4n) is 3.27. The summed E-state index contributed by atoms with van der Waals surface area (Å²) in [7, 11) is 0. The Kier molecular flexibility index (Phi) is 6.01. The van der Waals surface area contributed by atoms with E-state index in [1.165, 1.54) is 4.90 Å². The molecular weight excluding hydrogens is 478 g/mol. The van der Waals surface area contributed by atoms with Gasteiger partial charge in [0.05, 0.1) is 12.3 Å². The van der Waals surface area contributed by atoms with E-state index in [0.29, 0.717) is 23.7 Å². The first kappa shape index (κ1) is 21.0. The lowest BCUT2D eigenvalue weighted by Crippen LogP contribution is -2.54. The van der Waals surface area contributed by atoms with Crippen molar-refractivity contribution >= 4 is 56.8 Å². The highest BCUT2D eigenvalue weighted by atomic mass is 79.9. The molecule has 4 rings (SSSR count). The highest BCUT2D eigenvalue weighted by molar-refractivity contribution is 9.10. The Morgan fingerprint density at radius 1 is 1.06 bits per heavy atom. The molecule has 1 aliphatic heterocycles. The minimum absolute atomic E-state index is 0.00238. The molecule has 1 N–H and O–H groups in total. The minimum atomic E-state index is -0.529. The van der Waals surface area contributed by atoms with Crippen LogP contribution in [0.25, 0.3) is 11.8 Å². The summed E-state index contributed by atoms with van der Waals surface area (Å²) < 4.78 is 8.27. The molecule has 156 valence electrons. The van der Waals surface area contributed by atoms with E-state index in [1.54, 1.807) is 30.3 Å². The molecule has 2 amide bonds. The van der Waals surface area contributed by atoms with E-state index >= 15 is 0 Å². The molecule has 0 spiro atoms. The Bertz CT molecular complexity index is 1200. The van der Waals surface area contributed by atoms with E-state index in [1.807, 2.05) is 54.1 Å². The number of thiocarbonyl (C=S) groups is 1. The van der Waals surface area contributed by atoms with Gasteiger partial charge in [0.15, 0.2) is 5.11 Å². The molecule has 0 aliphatic carbocycles. The molecule has 1 fully saturated rings. The number of aromatic nitrogens is 1. The number of nitrogens with zero attached hydrogens (tertiary/aromatic N) is 2. The normalized spacial score (nSPS) is 15.4. The smallest absolute Gasteiger partial charge is 0.270 e. The molecule has 3 aromatic rings. The molecule has 1 aromatic heterocycles. The summed E-state index contributed by atoms with van der Waals surface area (Å²) >= 11 is 8.74. The topological polar surface area (TPSA) is 63.6 Å². The summed E-state index contributed by atoms with van der Waals surface area (Å²) in [6.45, 7) is 2.44. The second-order valence-electron chi connectivity index (χ2n) is 6.67. The molecule has 2 aromatic carbocycles. The van der Waals surface area contributed by atoms with Gasteiger partial charge in [-0.25, -0.2) is 0 Å². The van der Waals surface area contributed by atoms with Gasteiger partial charge in [-0.2, -0.15) is 0 Å². The average Bonchev–Trinajstić information content (AvgIpc) is 3.21. The molecular formula is C23H18BrN3O3S. The van der Waals surface area contributed by atoms with Crippen LogP contribution >= 0.6 is 28.1 Å². The number of carbonyl (C=O) groups is 2. The van der Waals surface area contributed by atoms with Gasteiger partial charge < -0.3 is 9.30 Å². The number of ether oxygens (including phenoxy) is 1. The first-order valence-corrected chi connectivity index (χ1v) is 10.8. The van der Waals surface area contributed by atoms with Gasteiger partial charge in [0.1, 0.15) is 11.3 Å². The lowest BCUT2D eigenvalue weighted by molar-refractivity contribution is -0.122. The maximum absolute atomic E-state index is 13.2. The largest absolute Gasteiger partial charge is 0.494 e. The van der Waals surface area contributed by atoms with Crippen molar-refractivity contribution in [3.8, 4) is 11.4 Å². The Labute approximate surface area is 193 Å². The number of rotatable bonds is 5. The van der Waals surface area contributed by atoms with Gasteiger partial charge in [-0.15, -0.1) is 0 Å². The van der Waals surface area contributed by atoms with Crippen LogP contribution in [0, 0.1) is 0 Å². The molecule has 0 saturated carbocycles. The molecule has 0 unspecified atom stereocenters. The fraction of sp³-hybridized carbons (Fsp3) is 0.0870. The first-order valence-electron chi connectivity index (χ1n) is 9.55. The molecule has 0 atom stereocenters. The van der Waals surface area contributed by atoms with Crippen molar-refractivity contribution in [2.45, 2.75) is 6.92 Å². The van der Waals surface area contributed by atoms with Crippen molar-refractivity contribution in [3.63, 3.8) is 0 Å². The van der Waals surface area contributed by atoms with Crippen molar-refractivity contribution in [2.24, 2.45) is 0 Å². The third-order valence-corrected chi connectivity index (χ3v) is 5.44. The summed E-state index contributed by atoms with van der Waals surface area (Å²) in [6, 6.07) is 18.4. The molecule has 6 nitrogen and oxygen atoms in total. The second kappa shape index (κ2) is 8.87. The number of amides is 2. The molecule has 1 saturated heterocycles. The monoisotopic (exact) mass is 495 g/mol. The lowest BCUT2D eigenvalue weighted by atomic mass is 10.1. The number of benzene rings is 2. The van der Waals surface area contributed by atoms with Crippen LogP contribution in [0.4, 0.5) is 5.69 Å². The van der Waals surface area contributed by atoms with Crippen molar-refractivity contribution < 1.29 is 14.3 Å². The quantitative estimate of drug-likeness (QED) is 0.322. The summed E-state index contributed by atoms with van der Waals surface area (Å²) in [5.74, 6) is -0.327. The highest BCUT2D eigenvalue weighted by Gasteiger charge is 2.34. The number of halogens is 1. The predicted molar refractivity (Wildman–Crippen MR) is 127 cm³/mol. The Morgan fingerprint density at radius 2 is 1.84 bits per heavy atom. The van der Waals surface area contributed by atoms with Crippen LogP contribution in [0.5, 0.6) is 5.75 Å². The SMILES string of the molecule is CCOc1ccc(N2C(=O)/C(=C/c3cccn3-c3cccc(Br)c3)C(=O)NC2=S)cc1. The third kappa shape index (κ3) is 4.30. The molecule has 1 aliphatic rings. The number of hydrogen-bond acceptors (Lipinski definition) is 4. The molecule has 8 heteroatoms. The van der Waals surface area contributed by atoms with Gasteiger partial charge in [0, 0.05) is 22.1 Å². The summed E-state index contributed by atoms with van der Waals surface area (Å²) in [6.07, 6.45) is 3.44. The number of anilines is 1. The zero-order valence-electron chi connectivity index (χ0n) is 16.5. The molecule has 2 heterocycles. The van der Waals surface area contributed by atoms with Crippen molar-refractivity contribution in [3.05, 3.63) is 82.6 Å². The fourth-order valence-corrected chi connectivity index (χ4v) is 3.94. The van der Waals surface area contributed by atoms with Crippen molar-refractivity contribution in [1.29, 1.82) is 0 Å². The number of hydrogen-bond donors (Lipinski definition) is 1. The zero-order chi connectivity index (χ0) is 22.0. The third-order valence-electron chi connectivity index (χ3n) is 4.67. The summed E-state index contributed by atoms with van der Waals surface area (Å²) in [5, 5.41) is 2.65. The minimum Gasteiger partial charge on any atom is -0.494 e. The van der Waals surface area contributed by atoms with Gasteiger partial charge in [0.2, 0.25) is 0 Å². The Balaban J connectivity index is 1.70. The Morgan fingerprint density at radius 3 is 2.55 bits per heavy atom. The van der Waals surface area contributed by atoms with Crippen LogP contribution in [0.2, 0.25) is 0 Å². The van der Waals surface area contributed by atoms with Gasteiger partial charge in [-0.1, -0.05) is 22.0 Å². The summed E-state index contributed by atoms with van der Waals surface area (Å²) in [5.41, 5.74) is 2.13. The van der Waals surface area contributed by atoms with Crippen LogP contribution in [0.3, 0.4) is 0 Å². The van der Waals surface area contributed by atoms with Gasteiger partial charge in [-0.05, 0) is 79.8 Å². The second-order valence-corrected chi connectivity index (χ2v) is 7.97. The number of carbonyl (C=O) groups excluding carboxylic acids is 2. The lowest BCUT2D eigenvalue weighted by Gasteiger charge is -2.29. The van der Waals surface area contributed by atoms with Crippen molar-refractivity contribution in [2.75, 3.05) is 11.5 Å². The van der Waals surface area contributed by atoms with Gasteiger partial charge in [-0.3, -0.25) is 19.8 Å². The van der Waals surface area contributed by atoms with E-state index in [0.717, 1.165) is 10.2 Å². The van der Waals surface area contributed by atoms with Crippen LogP contribution in [-0.2, 0) is 9.59 Å². The van der Waals surface area contributed by atoms with Crippen LogP contribution in [-0.4, -0.2) is 28.1 Å². The van der Waals surface area contributed by atoms with Crippen LogP contribution in [0.1, 0.15) is 12.6 Å². The zero-order valence-corrected chi connectivity index (χ0v) is 18.9. The van der Waals surface area contributed by atoms with E-state index in [-0.39, 0.29) is 10.7 Å². The Hall–Kier alpha value is -3.23. The first-order chi connectivity index (χ1) is 15.0. The van der Waals surface area contributed by atoms with Gasteiger partial charge >= 0.3 is 0 Å². The standard InChI is InChI=1S/C23H18BrN3O3S/c1-2-30-19-10-8-16(9-11-19)27-22(29)20(21(28)25-23(27)31)14-18-7-4-12-26(18)17-6-3-5-15(24)13-17/h3-14H,2H2,1H3,(H,25,28,31)/b20-14+. The van der Waals surface area contributed by atoms with E-state index in [2.05, 4.69) is 21.2 Å². The van der Waals surface area contributed by atoms with E-state index in [4.69, 9.17) is 17.0 Å². The summed E-state index contributed by atoms with van der Waals surface area (Å²) in [4.78, 5) is 27.2. The van der Waals surface area contributed by atoms with Crippen LogP contribution in [0.15, 0.2) is 76.9 Å². The number of nitrogens with one attached hydrogen (secondary N) is 1. The predicted octanol–water partition coefficient (Wildman–Crippen LogP) is 4.47. The van der Waals surface area contributed by atoms with E-state index < -0.39 is 11.8 Å². The van der Waals surface area contributed by atoms with Gasteiger partial charge in [0.25, 0.3) is 11.8 Å². The average molecular weight is 496 g/mol. The van der Waals surface area contributed by atoms with E-state index in [9.17, 15) is 9.59 Å². The van der Waals surface area contributed by atoms with Crippen LogP contribution < -0.4 is 15.0 Å².